The zero-order chi connectivity index (χ0) is 28.4. The maximum absolute atomic E-state index is 13.9. The van der Waals surface area contributed by atoms with Crippen LogP contribution in [0.25, 0.3) is 0 Å². The standard InChI is InChI=1S/C30H35FN4O5/c1-3-22-4-6-23(7-5-22)27(37)33-14-12-30(13-15-33)35(28(38)24-8-10-25(31)11-9-24)26(20-40-30)29(39)34-18-16-32(17-19-34)21(2)36/h4-11,26H,3,12-20H2,1-2H3. The van der Waals surface area contributed by atoms with Crippen LogP contribution in [0.3, 0.4) is 0 Å². The van der Waals surface area contributed by atoms with Crippen molar-refractivity contribution in [3.05, 3.63) is 71.0 Å². The lowest BCUT2D eigenvalue weighted by Gasteiger charge is -2.45. The molecule has 0 aliphatic carbocycles. The number of carbonyl (C=O) groups is 4. The second-order valence-electron chi connectivity index (χ2n) is 10.6. The van der Waals surface area contributed by atoms with Crippen molar-refractivity contribution in [3.63, 3.8) is 0 Å². The van der Waals surface area contributed by atoms with Gasteiger partial charge in [0.05, 0.1) is 6.61 Å². The number of nitrogens with zero attached hydrogens (tertiary/aromatic N) is 4. The lowest BCUT2D eigenvalue weighted by Crippen LogP contribution is -2.61. The van der Waals surface area contributed by atoms with Gasteiger partial charge in [0, 0.05) is 70.2 Å². The molecule has 0 saturated carbocycles. The number of benzene rings is 2. The molecule has 2 aromatic carbocycles. The third-order valence-electron chi connectivity index (χ3n) is 8.33. The summed E-state index contributed by atoms with van der Waals surface area (Å²) in [6.07, 6.45) is 1.59. The van der Waals surface area contributed by atoms with E-state index in [4.69, 9.17) is 4.74 Å². The molecule has 3 saturated heterocycles. The normalized spacial score (nSPS) is 20.6. The van der Waals surface area contributed by atoms with Crippen LogP contribution in [0, 0.1) is 5.82 Å². The van der Waals surface area contributed by atoms with E-state index in [0.29, 0.717) is 57.7 Å². The molecule has 3 aliphatic heterocycles. The van der Waals surface area contributed by atoms with Crippen LogP contribution in [0.5, 0.6) is 0 Å². The van der Waals surface area contributed by atoms with Crippen LogP contribution >= 0.6 is 0 Å². The number of likely N-dealkylation sites (tertiary alicyclic amines) is 1. The number of rotatable bonds is 4. The van der Waals surface area contributed by atoms with Crippen LogP contribution in [-0.4, -0.2) is 101 Å². The predicted molar refractivity (Wildman–Crippen MR) is 145 cm³/mol. The van der Waals surface area contributed by atoms with Crippen LogP contribution in [0.2, 0.25) is 0 Å². The zero-order valence-electron chi connectivity index (χ0n) is 23.0. The van der Waals surface area contributed by atoms with Crippen LogP contribution < -0.4 is 0 Å². The third kappa shape index (κ3) is 5.32. The molecular weight excluding hydrogens is 515 g/mol. The van der Waals surface area contributed by atoms with Crippen molar-refractivity contribution in [2.24, 2.45) is 0 Å². The molecule has 1 spiro atoms. The Balaban J connectivity index is 1.36. The number of amides is 4. The summed E-state index contributed by atoms with van der Waals surface area (Å²) in [5.74, 6) is -1.22. The SMILES string of the molecule is CCc1ccc(C(=O)N2CCC3(CC2)OCC(C(=O)N2CCN(C(C)=O)CC2)N3C(=O)c2ccc(F)cc2)cc1. The van der Waals surface area contributed by atoms with Gasteiger partial charge in [-0.3, -0.25) is 24.1 Å². The molecule has 5 rings (SSSR count). The summed E-state index contributed by atoms with van der Waals surface area (Å²) >= 11 is 0. The predicted octanol–water partition coefficient (Wildman–Crippen LogP) is 2.55. The van der Waals surface area contributed by atoms with Crippen molar-refractivity contribution in [1.29, 1.82) is 0 Å². The molecule has 3 fully saturated rings. The van der Waals surface area contributed by atoms with Crippen LogP contribution in [0.4, 0.5) is 4.39 Å². The number of hydrogen-bond donors (Lipinski definition) is 0. The molecule has 10 heteroatoms. The van der Waals surface area contributed by atoms with Gasteiger partial charge in [0.2, 0.25) is 11.8 Å². The summed E-state index contributed by atoms with van der Waals surface area (Å²) in [4.78, 5) is 59.2. The van der Waals surface area contributed by atoms with Gasteiger partial charge in [0.25, 0.3) is 11.8 Å². The molecule has 3 aliphatic rings. The van der Waals surface area contributed by atoms with Gasteiger partial charge in [0.1, 0.15) is 17.6 Å². The quantitative estimate of drug-likeness (QED) is 0.584. The Morgan fingerprint density at radius 1 is 0.800 bits per heavy atom. The van der Waals surface area contributed by atoms with Gasteiger partial charge in [-0.15, -0.1) is 0 Å². The molecule has 0 radical (unpaired) electrons. The first kappa shape index (κ1) is 27.8. The van der Waals surface area contributed by atoms with Gasteiger partial charge in [-0.1, -0.05) is 19.1 Å². The van der Waals surface area contributed by atoms with E-state index in [2.05, 4.69) is 6.92 Å². The van der Waals surface area contributed by atoms with E-state index >= 15 is 0 Å². The van der Waals surface area contributed by atoms with E-state index in [1.54, 1.807) is 14.7 Å². The van der Waals surface area contributed by atoms with Gasteiger partial charge >= 0.3 is 0 Å². The smallest absolute Gasteiger partial charge is 0.256 e. The number of piperidine rings is 1. The molecule has 1 atom stereocenters. The Labute approximate surface area is 233 Å². The average molecular weight is 551 g/mol. The lowest BCUT2D eigenvalue weighted by atomic mass is 9.95. The number of carbonyl (C=O) groups excluding carboxylic acids is 4. The van der Waals surface area contributed by atoms with Gasteiger partial charge in [-0.25, -0.2) is 4.39 Å². The fraction of sp³-hybridized carbons (Fsp3) is 0.467. The van der Waals surface area contributed by atoms with E-state index in [0.717, 1.165) is 12.0 Å². The fourth-order valence-corrected chi connectivity index (χ4v) is 5.86. The topological polar surface area (TPSA) is 90.5 Å². The Kier molecular flexibility index (Phi) is 7.89. The van der Waals surface area contributed by atoms with Crippen LogP contribution in [0.15, 0.2) is 48.5 Å². The van der Waals surface area contributed by atoms with Crippen LogP contribution in [0.1, 0.15) is 53.0 Å². The van der Waals surface area contributed by atoms with E-state index in [1.807, 2.05) is 24.3 Å². The van der Waals surface area contributed by atoms with Crippen molar-refractivity contribution in [2.75, 3.05) is 45.9 Å². The second-order valence-corrected chi connectivity index (χ2v) is 10.6. The first-order chi connectivity index (χ1) is 19.2. The highest BCUT2D eigenvalue weighted by molar-refractivity contribution is 5.98. The summed E-state index contributed by atoms with van der Waals surface area (Å²) in [7, 11) is 0. The number of piperazine rings is 1. The highest BCUT2D eigenvalue weighted by atomic mass is 19.1. The average Bonchev–Trinajstić information content (AvgIpc) is 3.35. The minimum atomic E-state index is -1.06. The molecule has 212 valence electrons. The fourth-order valence-electron chi connectivity index (χ4n) is 5.86. The largest absolute Gasteiger partial charge is 0.353 e. The molecule has 0 N–H and O–H groups in total. The van der Waals surface area contributed by atoms with Gasteiger partial charge in [-0.05, 0) is 48.4 Å². The summed E-state index contributed by atoms with van der Waals surface area (Å²) < 4.78 is 19.9. The van der Waals surface area contributed by atoms with E-state index in [1.165, 1.54) is 36.1 Å². The first-order valence-corrected chi connectivity index (χ1v) is 13.9. The number of hydrogen-bond acceptors (Lipinski definition) is 5. The van der Waals surface area contributed by atoms with Gasteiger partial charge in [0.15, 0.2) is 0 Å². The maximum Gasteiger partial charge on any atom is 0.256 e. The molecule has 9 nitrogen and oxygen atoms in total. The Morgan fingerprint density at radius 2 is 1.35 bits per heavy atom. The summed E-state index contributed by atoms with van der Waals surface area (Å²) in [5.41, 5.74) is 0.968. The summed E-state index contributed by atoms with van der Waals surface area (Å²) in [6.45, 7) is 5.94. The number of ether oxygens (including phenoxy) is 1. The molecule has 2 aromatic rings. The van der Waals surface area contributed by atoms with Crippen molar-refractivity contribution < 1.29 is 28.3 Å². The van der Waals surface area contributed by atoms with E-state index in [9.17, 15) is 23.6 Å². The highest BCUT2D eigenvalue weighted by Gasteiger charge is 2.55. The second kappa shape index (κ2) is 11.4. The highest BCUT2D eigenvalue weighted by Crippen LogP contribution is 2.39. The third-order valence-corrected chi connectivity index (χ3v) is 8.33. The van der Waals surface area contributed by atoms with Crippen molar-refractivity contribution in [1.82, 2.24) is 19.6 Å². The molecule has 4 amide bonds. The number of halogens is 1. The lowest BCUT2D eigenvalue weighted by molar-refractivity contribution is -0.142. The summed E-state index contributed by atoms with van der Waals surface area (Å²) in [6, 6.07) is 12.0. The Bertz CT molecular complexity index is 1270. The Morgan fingerprint density at radius 3 is 1.93 bits per heavy atom. The molecular formula is C30H35FN4O5. The van der Waals surface area contributed by atoms with E-state index < -0.39 is 23.5 Å². The zero-order valence-corrected chi connectivity index (χ0v) is 23.0. The minimum absolute atomic E-state index is 0.0329. The van der Waals surface area contributed by atoms with Crippen LogP contribution in [-0.2, 0) is 20.7 Å². The van der Waals surface area contributed by atoms with Gasteiger partial charge < -0.3 is 19.4 Å². The molecule has 0 bridgehead atoms. The molecule has 3 heterocycles. The Hall–Kier alpha value is -3.79. The molecule has 40 heavy (non-hydrogen) atoms. The number of aryl methyl sites for hydroxylation is 1. The first-order valence-electron chi connectivity index (χ1n) is 13.9. The maximum atomic E-state index is 13.9. The molecule has 1 unspecified atom stereocenters. The van der Waals surface area contributed by atoms with Gasteiger partial charge in [-0.2, -0.15) is 0 Å². The summed E-state index contributed by atoms with van der Waals surface area (Å²) in [5, 5.41) is 0. The minimum Gasteiger partial charge on any atom is -0.353 e. The van der Waals surface area contributed by atoms with Crippen molar-refractivity contribution in [2.45, 2.75) is 44.9 Å². The van der Waals surface area contributed by atoms with E-state index in [-0.39, 0.29) is 29.9 Å². The monoisotopic (exact) mass is 550 g/mol. The van der Waals surface area contributed by atoms with Crippen molar-refractivity contribution in [3.8, 4) is 0 Å². The molecule has 0 aromatic heterocycles. The van der Waals surface area contributed by atoms with Crippen molar-refractivity contribution >= 4 is 23.6 Å².